The molecule has 14 heteroatoms. The summed E-state index contributed by atoms with van der Waals surface area (Å²) in [5, 5.41) is 18.7. The topological polar surface area (TPSA) is 160 Å². The summed E-state index contributed by atoms with van der Waals surface area (Å²) in [4.78, 5) is 60.8. The Morgan fingerprint density at radius 2 is 1.71 bits per heavy atom. The number of hydrogen-bond donors (Lipinski definition) is 1. The van der Waals surface area contributed by atoms with Gasteiger partial charge in [-0.3, -0.25) is 9.69 Å². The number of β-lactam (4-membered cyclic amide) rings is 1. The highest BCUT2D eigenvalue weighted by Crippen LogP contribution is 2.33. The second-order valence-electron chi connectivity index (χ2n) is 12.9. The first kappa shape index (κ1) is 33.1. The number of methoxy groups -OCH3 is 1. The number of nitrogens with zero attached hydrogens (tertiary/aromatic N) is 7. The number of rotatable bonds is 8. The Bertz CT molecular complexity index is 1870. The van der Waals surface area contributed by atoms with Gasteiger partial charge in [0.05, 0.1) is 26.1 Å². The number of benzene rings is 2. The molecule has 0 saturated carbocycles. The molecule has 4 heterocycles. The zero-order valence-corrected chi connectivity index (χ0v) is 27.6. The average molecular weight is 668 g/mol. The first-order valence-electron chi connectivity index (χ1n) is 15.8. The summed E-state index contributed by atoms with van der Waals surface area (Å²) in [7, 11) is 1.57. The minimum absolute atomic E-state index is 0.0224. The van der Waals surface area contributed by atoms with E-state index in [1.54, 1.807) is 52.1 Å². The van der Waals surface area contributed by atoms with Crippen molar-refractivity contribution in [2.75, 3.05) is 18.6 Å². The average Bonchev–Trinajstić information content (AvgIpc) is 3.51. The maximum Gasteiger partial charge on any atom is 0.416 e. The van der Waals surface area contributed by atoms with E-state index in [0.29, 0.717) is 29.5 Å². The zero-order valence-electron chi connectivity index (χ0n) is 27.6. The van der Waals surface area contributed by atoms with Gasteiger partial charge in [-0.1, -0.05) is 42.5 Å². The minimum atomic E-state index is -1.36. The van der Waals surface area contributed by atoms with Crippen molar-refractivity contribution >= 4 is 29.8 Å². The maximum absolute atomic E-state index is 13.6. The number of pyridine rings is 1. The van der Waals surface area contributed by atoms with Crippen LogP contribution in [0.15, 0.2) is 72.9 Å². The standard InChI is InChI=1S/C35H37N7O7/c1-35(2,3)49-34(47)41(20-22-10-12-25(48-4)13-11-22)27-19-23(14-15-36-27)18-26-29(32(44)45)42(31(26)43)33(46)39-16-17-40-28(21-39)37-38-30(40)24-8-6-5-7-9-24/h5-15,19,26,29H,16-18,20-21H2,1-4H3,(H,44,45)/t26-,29+/m1/s1. The lowest BCUT2D eigenvalue weighted by Gasteiger charge is -2.45. The van der Waals surface area contributed by atoms with Crippen LogP contribution in [-0.4, -0.2) is 84.0 Å². The van der Waals surface area contributed by atoms with E-state index >= 15 is 0 Å². The number of ether oxygens (including phenoxy) is 2. The van der Waals surface area contributed by atoms with E-state index in [1.165, 1.54) is 16.0 Å². The number of likely N-dealkylation sites (tertiary alicyclic amines) is 1. The lowest BCUT2D eigenvalue weighted by atomic mass is 9.82. The number of urea groups is 1. The number of fused-ring (bicyclic) bond motifs is 1. The number of carbonyl (C=O) groups excluding carboxylic acids is 3. The zero-order chi connectivity index (χ0) is 34.9. The Balaban J connectivity index is 1.18. The van der Waals surface area contributed by atoms with Crippen molar-refractivity contribution in [3.8, 4) is 17.1 Å². The molecule has 254 valence electrons. The molecule has 1 N–H and O–H groups in total. The lowest BCUT2D eigenvalue weighted by Crippen LogP contribution is -2.69. The van der Waals surface area contributed by atoms with Crippen molar-refractivity contribution in [2.45, 2.75) is 58.5 Å². The normalized spacial score (nSPS) is 17.2. The van der Waals surface area contributed by atoms with Crippen molar-refractivity contribution in [2.24, 2.45) is 5.92 Å². The summed E-state index contributed by atoms with van der Waals surface area (Å²) in [6.45, 7) is 6.16. The molecule has 0 aliphatic carbocycles. The van der Waals surface area contributed by atoms with E-state index in [9.17, 15) is 24.3 Å². The van der Waals surface area contributed by atoms with Crippen LogP contribution in [0.1, 0.15) is 37.7 Å². The van der Waals surface area contributed by atoms with Crippen molar-refractivity contribution in [3.05, 3.63) is 89.9 Å². The molecule has 0 unspecified atom stereocenters. The maximum atomic E-state index is 13.6. The molecule has 49 heavy (non-hydrogen) atoms. The van der Waals surface area contributed by atoms with Gasteiger partial charge in [0.15, 0.2) is 17.7 Å². The highest BCUT2D eigenvalue weighted by Gasteiger charge is 2.55. The highest BCUT2D eigenvalue weighted by molar-refractivity contribution is 6.07. The molecule has 6 rings (SSSR count). The van der Waals surface area contributed by atoms with Gasteiger partial charge in [-0.15, -0.1) is 10.2 Å². The number of carboxylic acid groups (broad SMARTS) is 1. The molecule has 2 atom stereocenters. The predicted molar refractivity (Wildman–Crippen MR) is 176 cm³/mol. The number of hydrogen-bond acceptors (Lipinski definition) is 9. The first-order valence-corrected chi connectivity index (χ1v) is 15.8. The Kier molecular flexibility index (Phi) is 9.04. The van der Waals surface area contributed by atoms with Crippen LogP contribution in [0, 0.1) is 5.92 Å². The van der Waals surface area contributed by atoms with Crippen LogP contribution in [0.5, 0.6) is 5.75 Å². The fourth-order valence-corrected chi connectivity index (χ4v) is 5.98. The van der Waals surface area contributed by atoms with Crippen molar-refractivity contribution in [1.29, 1.82) is 0 Å². The number of imide groups is 1. The Hall–Kier alpha value is -5.79. The second-order valence-corrected chi connectivity index (χ2v) is 12.9. The third-order valence-electron chi connectivity index (χ3n) is 8.38. The molecule has 14 nitrogen and oxygen atoms in total. The fourth-order valence-electron chi connectivity index (χ4n) is 5.98. The Morgan fingerprint density at radius 3 is 2.39 bits per heavy atom. The van der Waals surface area contributed by atoms with Gasteiger partial charge < -0.3 is 24.0 Å². The van der Waals surface area contributed by atoms with Gasteiger partial charge in [-0.25, -0.2) is 24.3 Å². The van der Waals surface area contributed by atoms with Crippen LogP contribution in [0.25, 0.3) is 11.4 Å². The van der Waals surface area contributed by atoms with E-state index in [1.807, 2.05) is 47.0 Å². The number of carboxylic acids is 1. The molecule has 1 fully saturated rings. The summed E-state index contributed by atoms with van der Waals surface area (Å²) in [6, 6.07) is 18.0. The largest absolute Gasteiger partial charge is 0.497 e. The van der Waals surface area contributed by atoms with Gasteiger partial charge >= 0.3 is 18.1 Å². The lowest BCUT2D eigenvalue weighted by molar-refractivity contribution is -0.166. The smallest absolute Gasteiger partial charge is 0.416 e. The minimum Gasteiger partial charge on any atom is -0.497 e. The van der Waals surface area contributed by atoms with Crippen molar-refractivity contribution < 1.29 is 33.8 Å². The molecule has 2 aliphatic rings. The first-order chi connectivity index (χ1) is 23.4. The third kappa shape index (κ3) is 6.93. The molecule has 0 spiro atoms. The second kappa shape index (κ2) is 13.4. The van der Waals surface area contributed by atoms with Crippen LogP contribution in [0.4, 0.5) is 15.4 Å². The molecule has 2 aromatic carbocycles. The van der Waals surface area contributed by atoms with E-state index in [0.717, 1.165) is 16.0 Å². The molecule has 4 aromatic rings. The van der Waals surface area contributed by atoms with Gasteiger partial charge in [-0.05, 0) is 62.6 Å². The number of carbonyl (C=O) groups is 4. The van der Waals surface area contributed by atoms with Crippen LogP contribution in [0.2, 0.25) is 0 Å². The fraction of sp³-hybridized carbons (Fsp3) is 0.343. The summed E-state index contributed by atoms with van der Waals surface area (Å²) in [5.74, 6) is -0.712. The number of aromatic nitrogens is 4. The van der Waals surface area contributed by atoms with Gasteiger partial charge in [0.2, 0.25) is 5.91 Å². The van der Waals surface area contributed by atoms with E-state index in [-0.39, 0.29) is 31.9 Å². The molecule has 0 bridgehead atoms. The van der Waals surface area contributed by atoms with Gasteiger partial charge in [-0.2, -0.15) is 0 Å². The van der Waals surface area contributed by atoms with E-state index < -0.39 is 41.6 Å². The SMILES string of the molecule is COc1ccc(CN(C(=O)OC(C)(C)C)c2cc(C[C@H]3C(=O)N(C(=O)N4CCn5c(nnc5-c5ccccc5)C4)[C@@H]3C(=O)O)ccn2)cc1. The summed E-state index contributed by atoms with van der Waals surface area (Å²) in [6.07, 6.45) is 0.890. The van der Waals surface area contributed by atoms with Gasteiger partial charge in [0, 0.05) is 24.8 Å². The molecule has 1 saturated heterocycles. The molecule has 2 aliphatic heterocycles. The van der Waals surface area contributed by atoms with Crippen LogP contribution >= 0.6 is 0 Å². The predicted octanol–water partition coefficient (Wildman–Crippen LogP) is 4.38. The Labute approximate surface area is 282 Å². The van der Waals surface area contributed by atoms with Crippen LogP contribution in [-0.2, 0) is 40.4 Å². The summed E-state index contributed by atoms with van der Waals surface area (Å²) < 4.78 is 12.8. The van der Waals surface area contributed by atoms with Crippen LogP contribution in [0.3, 0.4) is 0 Å². The van der Waals surface area contributed by atoms with Crippen LogP contribution < -0.4 is 9.64 Å². The molecular formula is C35H37N7O7. The molecular weight excluding hydrogens is 630 g/mol. The van der Waals surface area contributed by atoms with E-state index in [4.69, 9.17) is 9.47 Å². The van der Waals surface area contributed by atoms with Crippen molar-refractivity contribution in [1.82, 2.24) is 29.5 Å². The molecule has 4 amide bonds. The summed E-state index contributed by atoms with van der Waals surface area (Å²) >= 11 is 0. The number of anilines is 1. The highest BCUT2D eigenvalue weighted by atomic mass is 16.6. The number of aliphatic carboxylic acids is 1. The summed E-state index contributed by atoms with van der Waals surface area (Å²) in [5.41, 5.74) is 1.48. The van der Waals surface area contributed by atoms with Gasteiger partial charge in [0.25, 0.3) is 0 Å². The third-order valence-corrected chi connectivity index (χ3v) is 8.38. The van der Waals surface area contributed by atoms with E-state index in [2.05, 4.69) is 15.2 Å². The molecule has 2 aromatic heterocycles. The van der Waals surface area contributed by atoms with Crippen molar-refractivity contribution in [3.63, 3.8) is 0 Å². The van der Waals surface area contributed by atoms with Gasteiger partial charge in [0.1, 0.15) is 17.2 Å². The Morgan fingerprint density at radius 1 is 0.980 bits per heavy atom. The number of amides is 4. The monoisotopic (exact) mass is 667 g/mol. The quantitative estimate of drug-likeness (QED) is 0.267. The molecule has 0 radical (unpaired) electrons.